The molecule has 0 aliphatic rings. The number of nitrogens with one attached hydrogen (secondary N) is 1. The van der Waals surface area contributed by atoms with E-state index < -0.39 is 5.97 Å². The molecular formula is C13H19N3O3. The first-order valence-electron chi connectivity index (χ1n) is 6.28. The molecule has 0 atom stereocenters. The molecule has 0 aliphatic heterocycles. The molecule has 0 saturated carbocycles. The predicted molar refractivity (Wildman–Crippen MR) is 70.6 cm³/mol. The lowest BCUT2D eigenvalue weighted by molar-refractivity contribution is -0.121. The highest BCUT2D eigenvalue weighted by atomic mass is 16.4. The third-order valence-electron chi connectivity index (χ3n) is 2.64. The number of carbonyl (C=O) groups excluding carboxylic acids is 1. The highest BCUT2D eigenvalue weighted by molar-refractivity contribution is 5.85. The SMILES string of the molecule is NCCCCCC(=O)NCc1ccc(C(=O)O)nc1. The molecule has 6 heteroatoms. The molecule has 104 valence electrons. The lowest BCUT2D eigenvalue weighted by Crippen LogP contribution is -2.22. The molecular weight excluding hydrogens is 246 g/mol. The molecule has 1 heterocycles. The van der Waals surface area contributed by atoms with Gasteiger partial charge >= 0.3 is 5.97 Å². The molecule has 1 aromatic rings. The van der Waals surface area contributed by atoms with E-state index in [0.29, 0.717) is 19.5 Å². The molecule has 0 aliphatic carbocycles. The molecule has 0 unspecified atom stereocenters. The number of hydrogen-bond donors (Lipinski definition) is 3. The highest BCUT2D eigenvalue weighted by Gasteiger charge is 2.05. The van der Waals surface area contributed by atoms with Crippen molar-refractivity contribution in [2.75, 3.05) is 6.54 Å². The second-order valence-corrected chi connectivity index (χ2v) is 4.23. The number of unbranched alkanes of at least 4 members (excludes halogenated alkanes) is 2. The number of aromatic nitrogens is 1. The summed E-state index contributed by atoms with van der Waals surface area (Å²) in [5.41, 5.74) is 6.14. The van der Waals surface area contributed by atoms with Gasteiger partial charge in [-0.25, -0.2) is 9.78 Å². The van der Waals surface area contributed by atoms with Crippen LogP contribution in [0.5, 0.6) is 0 Å². The summed E-state index contributed by atoms with van der Waals surface area (Å²) < 4.78 is 0. The second kappa shape index (κ2) is 8.20. The van der Waals surface area contributed by atoms with E-state index in [4.69, 9.17) is 10.8 Å². The molecule has 0 saturated heterocycles. The van der Waals surface area contributed by atoms with Crippen molar-refractivity contribution in [2.45, 2.75) is 32.2 Å². The fourth-order valence-electron chi connectivity index (χ4n) is 1.55. The smallest absolute Gasteiger partial charge is 0.354 e. The van der Waals surface area contributed by atoms with Gasteiger partial charge in [0.05, 0.1) is 0 Å². The van der Waals surface area contributed by atoms with Crippen LogP contribution in [-0.4, -0.2) is 28.5 Å². The van der Waals surface area contributed by atoms with E-state index >= 15 is 0 Å². The number of carboxylic acid groups (broad SMARTS) is 1. The van der Waals surface area contributed by atoms with Crippen LogP contribution < -0.4 is 11.1 Å². The summed E-state index contributed by atoms with van der Waals surface area (Å²) in [5, 5.41) is 11.5. The molecule has 19 heavy (non-hydrogen) atoms. The summed E-state index contributed by atoms with van der Waals surface area (Å²) >= 11 is 0. The number of carbonyl (C=O) groups is 2. The monoisotopic (exact) mass is 265 g/mol. The van der Waals surface area contributed by atoms with E-state index in [-0.39, 0.29) is 11.6 Å². The van der Waals surface area contributed by atoms with Gasteiger partial charge in [-0.15, -0.1) is 0 Å². The van der Waals surface area contributed by atoms with Gasteiger partial charge in [0.15, 0.2) is 0 Å². The van der Waals surface area contributed by atoms with Gasteiger partial charge in [-0.05, 0) is 31.0 Å². The average Bonchev–Trinajstić information content (AvgIpc) is 2.42. The van der Waals surface area contributed by atoms with E-state index in [2.05, 4.69) is 10.3 Å². The zero-order valence-corrected chi connectivity index (χ0v) is 10.8. The summed E-state index contributed by atoms with van der Waals surface area (Å²) in [6, 6.07) is 3.07. The summed E-state index contributed by atoms with van der Waals surface area (Å²) in [6.07, 6.45) is 4.67. The van der Waals surface area contributed by atoms with E-state index in [0.717, 1.165) is 24.8 Å². The average molecular weight is 265 g/mol. The Morgan fingerprint density at radius 2 is 2.05 bits per heavy atom. The second-order valence-electron chi connectivity index (χ2n) is 4.23. The van der Waals surface area contributed by atoms with Crippen LogP contribution in [0, 0.1) is 0 Å². The topological polar surface area (TPSA) is 105 Å². The number of aromatic carboxylic acids is 1. The van der Waals surface area contributed by atoms with Gasteiger partial charge in [-0.3, -0.25) is 4.79 Å². The van der Waals surface area contributed by atoms with Crippen molar-refractivity contribution < 1.29 is 14.7 Å². The molecule has 0 spiro atoms. The molecule has 4 N–H and O–H groups in total. The highest BCUT2D eigenvalue weighted by Crippen LogP contribution is 2.02. The molecule has 1 amide bonds. The van der Waals surface area contributed by atoms with Gasteiger partial charge in [0.25, 0.3) is 0 Å². The number of nitrogens with two attached hydrogens (primary N) is 1. The first-order valence-corrected chi connectivity index (χ1v) is 6.28. The van der Waals surface area contributed by atoms with Crippen LogP contribution in [0.25, 0.3) is 0 Å². The molecule has 6 nitrogen and oxygen atoms in total. The van der Waals surface area contributed by atoms with Crippen molar-refractivity contribution in [1.29, 1.82) is 0 Å². The zero-order chi connectivity index (χ0) is 14.1. The molecule has 0 aromatic carbocycles. The van der Waals surface area contributed by atoms with Crippen LogP contribution in [0.3, 0.4) is 0 Å². The van der Waals surface area contributed by atoms with E-state index in [1.54, 1.807) is 6.07 Å². The van der Waals surface area contributed by atoms with Crippen LogP contribution in [-0.2, 0) is 11.3 Å². The van der Waals surface area contributed by atoms with Gasteiger partial charge in [0, 0.05) is 19.2 Å². The Balaban J connectivity index is 2.28. The van der Waals surface area contributed by atoms with Gasteiger partial charge in [0.2, 0.25) is 5.91 Å². The zero-order valence-electron chi connectivity index (χ0n) is 10.8. The lowest BCUT2D eigenvalue weighted by atomic mass is 10.2. The van der Waals surface area contributed by atoms with Crippen molar-refractivity contribution >= 4 is 11.9 Å². The summed E-state index contributed by atoms with van der Waals surface area (Å²) in [5.74, 6) is -1.07. The standard InChI is InChI=1S/C13H19N3O3/c14-7-3-1-2-4-12(17)16-9-10-5-6-11(13(18)19)15-8-10/h5-6,8H,1-4,7,9,14H2,(H,16,17)(H,18,19). The molecule has 1 rings (SSSR count). The maximum absolute atomic E-state index is 11.5. The van der Waals surface area contributed by atoms with E-state index in [1.807, 2.05) is 0 Å². The van der Waals surface area contributed by atoms with Gasteiger partial charge in [-0.2, -0.15) is 0 Å². The Bertz CT molecular complexity index is 418. The number of amides is 1. The predicted octanol–water partition coefficient (Wildman–Crippen LogP) is 0.915. The Morgan fingerprint density at radius 3 is 2.63 bits per heavy atom. The molecule has 0 bridgehead atoms. The minimum atomic E-state index is -1.06. The largest absolute Gasteiger partial charge is 0.477 e. The number of pyridine rings is 1. The van der Waals surface area contributed by atoms with Crippen LogP contribution >= 0.6 is 0 Å². The van der Waals surface area contributed by atoms with Gasteiger partial charge < -0.3 is 16.2 Å². The lowest BCUT2D eigenvalue weighted by Gasteiger charge is -2.05. The fraction of sp³-hybridized carbons (Fsp3) is 0.462. The van der Waals surface area contributed by atoms with Gasteiger partial charge in [-0.1, -0.05) is 12.5 Å². The van der Waals surface area contributed by atoms with Crippen molar-refractivity contribution in [3.63, 3.8) is 0 Å². The quantitative estimate of drug-likeness (QED) is 0.606. The minimum absolute atomic E-state index is 0.00291. The third-order valence-corrected chi connectivity index (χ3v) is 2.64. The maximum Gasteiger partial charge on any atom is 0.354 e. The Hall–Kier alpha value is -1.95. The third kappa shape index (κ3) is 5.96. The number of rotatable bonds is 8. The Labute approximate surface area is 112 Å². The minimum Gasteiger partial charge on any atom is -0.477 e. The number of nitrogens with zero attached hydrogens (tertiary/aromatic N) is 1. The van der Waals surface area contributed by atoms with E-state index in [9.17, 15) is 9.59 Å². The van der Waals surface area contributed by atoms with Crippen LogP contribution in [0.4, 0.5) is 0 Å². The number of carboxylic acids is 1. The van der Waals surface area contributed by atoms with Crippen LogP contribution in [0.15, 0.2) is 18.3 Å². The van der Waals surface area contributed by atoms with Crippen molar-refractivity contribution in [3.8, 4) is 0 Å². The van der Waals surface area contributed by atoms with Crippen LogP contribution in [0.1, 0.15) is 41.7 Å². The van der Waals surface area contributed by atoms with Crippen molar-refractivity contribution in [2.24, 2.45) is 5.73 Å². The Kier molecular flexibility index (Phi) is 6.52. The van der Waals surface area contributed by atoms with E-state index in [1.165, 1.54) is 12.3 Å². The maximum atomic E-state index is 11.5. The van der Waals surface area contributed by atoms with Gasteiger partial charge in [0.1, 0.15) is 5.69 Å². The van der Waals surface area contributed by atoms with Crippen LogP contribution in [0.2, 0.25) is 0 Å². The normalized spacial score (nSPS) is 10.2. The first-order chi connectivity index (χ1) is 9.13. The summed E-state index contributed by atoms with van der Waals surface area (Å²) in [4.78, 5) is 25.9. The summed E-state index contributed by atoms with van der Waals surface area (Å²) in [6.45, 7) is 1.02. The fourth-order valence-corrected chi connectivity index (χ4v) is 1.55. The molecule has 0 radical (unpaired) electrons. The summed E-state index contributed by atoms with van der Waals surface area (Å²) in [7, 11) is 0. The van der Waals surface area contributed by atoms with Crippen molar-refractivity contribution in [1.82, 2.24) is 10.3 Å². The Morgan fingerprint density at radius 1 is 1.26 bits per heavy atom. The molecule has 0 fully saturated rings. The molecule has 1 aromatic heterocycles. The first kappa shape index (κ1) is 15.1. The van der Waals surface area contributed by atoms with Crippen molar-refractivity contribution in [3.05, 3.63) is 29.6 Å². The number of hydrogen-bond acceptors (Lipinski definition) is 4.